The Morgan fingerprint density at radius 3 is 2.27 bits per heavy atom. The number of carbonyl (C=O) groups is 1. The molecule has 0 saturated heterocycles. The van der Waals surface area contributed by atoms with Crippen LogP contribution in [0.15, 0.2) is 66.7 Å². The van der Waals surface area contributed by atoms with E-state index in [4.69, 9.17) is 0 Å². The minimum atomic E-state index is -0.873. The number of benzene rings is 2. The van der Waals surface area contributed by atoms with Gasteiger partial charge in [0.25, 0.3) is 0 Å². The molecule has 0 spiro atoms. The van der Waals surface area contributed by atoms with Crippen molar-refractivity contribution in [1.29, 1.82) is 0 Å². The lowest BCUT2D eigenvalue weighted by Gasteiger charge is -2.21. The van der Waals surface area contributed by atoms with E-state index in [0.29, 0.717) is 0 Å². The number of methoxy groups -OCH3 is 1. The van der Waals surface area contributed by atoms with E-state index in [-0.39, 0.29) is 0 Å². The average molecular weight is 297 g/mol. The largest absolute Gasteiger partial charge is 0.453 e. The summed E-state index contributed by atoms with van der Waals surface area (Å²) in [4.78, 5) is 11.5. The molecule has 22 heavy (non-hydrogen) atoms. The van der Waals surface area contributed by atoms with E-state index < -0.39 is 18.2 Å². The summed E-state index contributed by atoms with van der Waals surface area (Å²) in [6.45, 7) is 0. The van der Waals surface area contributed by atoms with Crippen LogP contribution < -0.4 is 5.32 Å². The predicted molar refractivity (Wildman–Crippen MR) is 86.2 cm³/mol. The Bertz CT molecular complexity index is 611. The van der Waals surface area contributed by atoms with Gasteiger partial charge in [-0.05, 0) is 11.1 Å². The highest BCUT2D eigenvalue weighted by Crippen LogP contribution is 2.19. The van der Waals surface area contributed by atoms with Crippen LogP contribution in [0, 0.1) is 0 Å². The Labute approximate surface area is 130 Å². The first-order valence-electron chi connectivity index (χ1n) is 7.01. The number of carbonyl (C=O) groups excluding carboxylic acids is 1. The second-order valence-electron chi connectivity index (χ2n) is 4.78. The normalized spacial score (nSPS) is 13.5. The van der Waals surface area contributed by atoms with E-state index in [0.717, 1.165) is 11.1 Å². The minimum Gasteiger partial charge on any atom is -0.453 e. The van der Waals surface area contributed by atoms with Crippen molar-refractivity contribution in [3.05, 3.63) is 77.9 Å². The standard InChI is InChI=1S/C18H19NO3/c1-22-18(21)19-17(15-10-6-3-7-11-15)16(20)13-12-14-8-4-2-5-9-14/h2-13,16-17,20H,1H3,(H,19,21)/b13-12+. The topological polar surface area (TPSA) is 58.6 Å². The van der Waals surface area contributed by atoms with Crippen molar-refractivity contribution in [3.63, 3.8) is 0 Å². The Balaban J connectivity index is 2.17. The highest BCUT2D eigenvalue weighted by molar-refractivity contribution is 5.68. The van der Waals surface area contributed by atoms with Crippen LogP contribution in [0.1, 0.15) is 17.2 Å². The average Bonchev–Trinajstić information content (AvgIpc) is 2.59. The highest BCUT2D eigenvalue weighted by atomic mass is 16.5. The lowest BCUT2D eigenvalue weighted by molar-refractivity contribution is 0.139. The third-order valence-corrected chi connectivity index (χ3v) is 3.24. The van der Waals surface area contributed by atoms with Gasteiger partial charge in [0, 0.05) is 0 Å². The van der Waals surface area contributed by atoms with E-state index in [1.165, 1.54) is 7.11 Å². The first kappa shape index (κ1) is 15.8. The zero-order valence-corrected chi connectivity index (χ0v) is 12.3. The van der Waals surface area contributed by atoms with Gasteiger partial charge >= 0.3 is 6.09 Å². The van der Waals surface area contributed by atoms with Crippen molar-refractivity contribution < 1.29 is 14.6 Å². The molecule has 0 heterocycles. The first-order chi connectivity index (χ1) is 10.7. The summed E-state index contributed by atoms with van der Waals surface area (Å²) in [5.74, 6) is 0. The van der Waals surface area contributed by atoms with Gasteiger partial charge in [0.15, 0.2) is 0 Å². The predicted octanol–water partition coefficient (Wildman–Crippen LogP) is 3.16. The van der Waals surface area contributed by atoms with Gasteiger partial charge in [-0.15, -0.1) is 0 Å². The molecule has 4 heteroatoms. The molecule has 0 aliphatic heterocycles. The van der Waals surface area contributed by atoms with E-state index >= 15 is 0 Å². The fourth-order valence-electron chi connectivity index (χ4n) is 2.10. The molecule has 1 amide bonds. The van der Waals surface area contributed by atoms with Gasteiger partial charge in [-0.25, -0.2) is 4.79 Å². The fraction of sp³-hybridized carbons (Fsp3) is 0.167. The first-order valence-corrected chi connectivity index (χ1v) is 7.01. The van der Waals surface area contributed by atoms with E-state index in [1.807, 2.05) is 66.7 Å². The van der Waals surface area contributed by atoms with Gasteiger partial charge in [0.1, 0.15) is 0 Å². The molecule has 0 aliphatic carbocycles. The van der Waals surface area contributed by atoms with Crippen LogP contribution in [0.2, 0.25) is 0 Å². The molecule has 0 aliphatic rings. The summed E-state index contributed by atoms with van der Waals surface area (Å²) in [7, 11) is 1.30. The smallest absolute Gasteiger partial charge is 0.407 e. The Morgan fingerprint density at radius 2 is 1.68 bits per heavy atom. The van der Waals surface area contributed by atoms with Gasteiger partial charge < -0.3 is 15.2 Å². The molecule has 0 saturated carbocycles. The minimum absolute atomic E-state index is 0.575. The maximum atomic E-state index is 11.5. The summed E-state index contributed by atoms with van der Waals surface area (Å²) in [6.07, 6.45) is 2.02. The van der Waals surface area contributed by atoms with Crippen molar-refractivity contribution in [1.82, 2.24) is 5.32 Å². The van der Waals surface area contributed by atoms with Crippen LogP contribution in [0.25, 0.3) is 6.08 Å². The molecule has 0 aromatic heterocycles. The molecule has 2 unspecified atom stereocenters. The van der Waals surface area contributed by atoms with Gasteiger partial charge in [-0.2, -0.15) is 0 Å². The number of rotatable bonds is 5. The molecule has 2 aromatic carbocycles. The molecular formula is C18H19NO3. The van der Waals surface area contributed by atoms with E-state index in [1.54, 1.807) is 6.08 Å². The Morgan fingerprint density at radius 1 is 1.09 bits per heavy atom. The SMILES string of the molecule is COC(=O)NC(c1ccccc1)C(O)/C=C/c1ccccc1. The lowest BCUT2D eigenvalue weighted by Crippen LogP contribution is -2.35. The molecule has 2 rings (SSSR count). The number of hydrogen-bond donors (Lipinski definition) is 2. The highest BCUT2D eigenvalue weighted by Gasteiger charge is 2.21. The fourth-order valence-corrected chi connectivity index (χ4v) is 2.10. The van der Waals surface area contributed by atoms with Crippen molar-refractivity contribution in [2.75, 3.05) is 7.11 Å². The van der Waals surface area contributed by atoms with Gasteiger partial charge in [-0.1, -0.05) is 72.8 Å². The van der Waals surface area contributed by atoms with E-state index in [9.17, 15) is 9.90 Å². The summed E-state index contributed by atoms with van der Waals surface area (Å²) in [5.41, 5.74) is 1.78. The number of amides is 1. The number of aliphatic hydroxyl groups is 1. The quantitative estimate of drug-likeness (QED) is 0.891. The van der Waals surface area contributed by atoms with Gasteiger partial charge in [-0.3, -0.25) is 0 Å². The third kappa shape index (κ3) is 4.46. The maximum Gasteiger partial charge on any atom is 0.407 e. The summed E-state index contributed by atoms with van der Waals surface area (Å²) in [6, 6.07) is 18.4. The number of ether oxygens (including phenoxy) is 1. The molecule has 0 bridgehead atoms. The van der Waals surface area contributed by atoms with Crippen LogP contribution in [-0.4, -0.2) is 24.4 Å². The third-order valence-electron chi connectivity index (χ3n) is 3.24. The molecule has 2 atom stereocenters. The Kier molecular flexibility index (Phi) is 5.74. The van der Waals surface area contributed by atoms with Crippen LogP contribution in [-0.2, 0) is 4.74 Å². The van der Waals surface area contributed by atoms with Crippen molar-refractivity contribution in [2.24, 2.45) is 0 Å². The zero-order chi connectivity index (χ0) is 15.8. The molecule has 0 fully saturated rings. The van der Waals surface area contributed by atoms with Crippen LogP contribution in [0.5, 0.6) is 0 Å². The van der Waals surface area contributed by atoms with Gasteiger partial charge in [0.05, 0.1) is 19.3 Å². The van der Waals surface area contributed by atoms with Crippen molar-refractivity contribution >= 4 is 12.2 Å². The van der Waals surface area contributed by atoms with Crippen LogP contribution >= 0.6 is 0 Å². The number of alkyl carbamates (subject to hydrolysis) is 1. The zero-order valence-electron chi connectivity index (χ0n) is 12.3. The molecular weight excluding hydrogens is 278 g/mol. The lowest BCUT2D eigenvalue weighted by atomic mass is 10.0. The number of hydrogen-bond acceptors (Lipinski definition) is 3. The number of aliphatic hydroxyl groups excluding tert-OH is 1. The van der Waals surface area contributed by atoms with E-state index in [2.05, 4.69) is 10.1 Å². The monoisotopic (exact) mass is 297 g/mol. The second-order valence-corrected chi connectivity index (χ2v) is 4.78. The maximum absolute atomic E-state index is 11.5. The number of nitrogens with one attached hydrogen (secondary N) is 1. The second kappa shape index (κ2) is 8.00. The molecule has 114 valence electrons. The molecule has 2 aromatic rings. The molecule has 2 N–H and O–H groups in total. The summed E-state index contributed by atoms with van der Waals surface area (Å²) >= 11 is 0. The Hall–Kier alpha value is -2.59. The molecule has 4 nitrogen and oxygen atoms in total. The molecule has 0 radical (unpaired) electrons. The summed E-state index contributed by atoms with van der Waals surface area (Å²) < 4.78 is 4.63. The van der Waals surface area contributed by atoms with Crippen LogP contribution in [0.3, 0.4) is 0 Å². The van der Waals surface area contributed by atoms with Crippen molar-refractivity contribution in [3.8, 4) is 0 Å². The van der Waals surface area contributed by atoms with Gasteiger partial charge in [0.2, 0.25) is 0 Å². The van der Waals surface area contributed by atoms with Crippen molar-refractivity contribution in [2.45, 2.75) is 12.1 Å². The van der Waals surface area contributed by atoms with Crippen LogP contribution in [0.4, 0.5) is 4.79 Å². The summed E-state index contributed by atoms with van der Waals surface area (Å²) in [5, 5.41) is 13.1.